The van der Waals surface area contributed by atoms with Crippen LogP contribution < -0.4 is 4.90 Å². The molecule has 0 amide bonds. The lowest BCUT2D eigenvalue weighted by Gasteiger charge is -2.26. The van der Waals surface area contributed by atoms with Crippen LogP contribution in [0.15, 0.2) is 180 Å². The normalized spacial score (nSPS) is 11.7. The van der Waals surface area contributed by atoms with Crippen molar-refractivity contribution in [1.82, 2.24) is 0 Å². The minimum atomic E-state index is 0.871. The highest BCUT2D eigenvalue weighted by Crippen LogP contribution is 2.48. The molecule has 0 atom stereocenters. The number of anilines is 3. The molecule has 0 saturated heterocycles. The lowest BCUT2D eigenvalue weighted by Crippen LogP contribution is -2.10. The molecule has 230 valence electrons. The van der Waals surface area contributed by atoms with Crippen LogP contribution in [0.25, 0.3) is 75.1 Å². The van der Waals surface area contributed by atoms with Crippen molar-refractivity contribution < 1.29 is 4.42 Å². The van der Waals surface area contributed by atoms with Gasteiger partial charge in [-0.3, -0.25) is 0 Å². The van der Waals surface area contributed by atoms with Crippen LogP contribution in [0.1, 0.15) is 0 Å². The summed E-state index contributed by atoms with van der Waals surface area (Å²) in [7, 11) is 0. The lowest BCUT2D eigenvalue weighted by molar-refractivity contribution is 0.670. The van der Waals surface area contributed by atoms with Crippen molar-refractivity contribution >= 4 is 81.3 Å². The average Bonchev–Trinajstić information content (AvgIpc) is 3.75. The van der Waals surface area contributed by atoms with E-state index in [1.54, 1.807) is 0 Å². The van der Waals surface area contributed by atoms with Gasteiger partial charge in [0.25, 0.3) is 0 Å². The van der Waals surface area contributed by atoms with Gasteiger partial charge in [-0.25, -0.2) is 0 Å². The number of thiophene rings is 1. The van der Waals surface area contributed by atoms with Gasteiger partial charge < -0.3 is 9.32 Å². The van der Waals surface area contributed by atoms with Crippen LogP contribution in [0.4, 0.5) is 17.1 Å². The maximum atomic E-state index is 7.03. The molecule has 0 aliphatic rings. The topological polar surface area (TPSA) is 16.4 Å². The first-order chi connectivity index (χ1) is 24.3. The fraction of sp³-hybridized carbons (Fsp3) is 0. The van der Waals surface area contributed by atoms with E-state index in [4.69, 9.17) is 4.42 Å². The van der Waals surface area contributed by atoms with Crippen LogP contribution in [-0.4, -0.2) is 0 Å². The van der Waals surface area contributed by atoms with Gasteiger partial charge in [-0.15, -0.1) is 11.3 Å². The van der Waals surface area contributed by atoms with E-state index in [1.165, 1.54) is 42.1 Å². The molecule has 2 aromatic heterocycles. The molecule has 10 rings (SSSR count). The molecule has 0 aliphatic carbocycles. The Bertz CT molecular complexity index is 2830. The first-order valence-electron chi connectivity index (χ1n) is 16.6. The number of nitrogens with zero attached hydrogens (tertiary/aromatic N) is 1. The molecule has 49 heavy (non-hydrogen) atoms. The van der Waals surface area contributed by atoms with Gasteiger partial charge in [0, 0.05) is 37.5 Å². The minimum Gasteiger partial charge on any atom is -0.453 e. The summed E-state index contributed by atoms with van der Waals surface area (Å²) >= 11 is 1.84. The maximum Gasteiger partial charge on any atom is 0.159 e. The van der Waals surface area contributed by atoms with Gasteiger partial charge in [0.15, 0.2) is 5.58 Å². The summed E-state index contributed by atoms with van der Waals surface area (Å²) in [6.45, 7) is 0. The third kappa shape index (κ3) is 4.55. The van der Waals surface area contributed by atoms with E-state index in [-0.39, 0.29) is 0 Å². The molecule has 0 bridgehead atoms. The highest BCUT2D eigenvalue weighted by atomic mass is 32.1. The monoisotopic (exact) mass is 643 g/mol. The Balaban J connectivity index is 1.22. The zero-order valence-electron chi connectivity index (χ0n) is 26.5. The molecular weight excluding hydrogens is 615 g/mol. The molecular formula is C46H29NOS. The van der Waals surface area contributed by atoms with Gasteiger partial charge in [0.2, 0.25) is 0 Å². The molecule has 0 unspecified atom stereocenters. The summed E-state index contributed by atoms with van der Waals surface area (Å²) in [6, 6.07) is 63.0. The number of benzene rings is 8. The molecule has 0 N–H and O–H groups in total. The lowest BCUT2D eigenvalue weighted by atomic mass is 9.99. The second kappa shape index (κ2) is 11.2. The van der Waals surface area contributed by atoms with Crippen LogP contribution in [0.2, 0.25) is 0 Å². The van der Waals surface area contributed by atoms with E-state index in [2.05, 4.69) is 181 Å². The van der Waals surface area contributed by atoms with Crippen LogP contribution in [-0.2, 0) is 0 Å². The van der Waals surface area contributed by atoms with Crippen LogP contribution in [0.3, 0.4) is 0 Å². The summed E-state index contributed by atoms with van der Waals surface area (Å²) in [5.74, 6) is 0. The number of hydrogen-bond acceptors (Lipinski definition) is 3. The van der Waals surface area contributed by atoms with E-state index < -0.39 is 0 Å². The SMILES string of the molecule is c1ccc(-c2ccc(N(c3cccc4c3oc3c(-c5ccc6ccccc6c5)cccc34)c3cccc4c3sc3ccccc34)cc2)cc1. The van der Waals surface area contributed by atoms with E-state index in [0.29, 0.717) is 0 Å². The van der Waals surface area contributed by atoms with Gasteiger partial charge in [-0.05, 0) is 63.9 Å². The van der Waals surface area contributed by atoms with Crippen molar-refractivity contribution in [1.29, 1.82) is 0 Å². The molecule has 2 nitrogen and oxygen atoms in total. The summed E-state index contributed by atoms with van der Waals surface area (Å²) < 4.78 is 9.57. The highest BCUT2D eigenvalue weighted by molar-refractivity contribution is 7.26. The summed E-state index contributed by atoms with van der Waals surface area (Å²) in [6.07, 6.45) is 0. The molecule has 3 heteroatoms. The zero-order valence-corrected chi connectivity index (χ0v) is 27.3. The van der Waals surface area contributed by atoms with Gasteiger partial charge in [0.05, 0.1) is 16.1 Å². The number of fused-ring (bicyclic) bond motifs is 7. The molecule has 0 aliphatic heterocycles. The zero-order chi connectivity index (χ0) is 32.3. The second-order valence-corrected chi connectivity index (χ2v) is 13.6. The molecule has 0 fully saturated rings. The second-order valence-electron chi connectivity index (χ2n) is 12.5. The summed E-state index contributed by atoms with van der Waals surface area (Å²) in [5.41, 5.74) is 9.62. The molecule has 0 spiro atoms. The third-order valence-electron chi connectivity index (χ3n) is 9.66. The Hall–Kier alpha value is -6.16. The van der Waals surface area contributed by atoms with Crippen molar-refractivity contribution in [2.45, 2.75) is 0 Å². The summed E-state index contributed by atoms with van der Waals surface area (Å²) in [4.78, 5) is 2.38. The Morgan fingerprint density at radius 3 is 1.90 bits per heavy atom. The predicted octanol–water partition coefficient (Wildman–Crippen LogP) is 13.9. The smallest absolute Gasteiger partial charge is 0.159 e. The Kier molecular flexibility index (Phi) is 6.39. The Morgan fingerprint density at radius 1 is 0.408 bits per heavy atom. The van der Waals surface area contributed by atoms with Gasteiger partial charge in [-0.1, -0.05) is 140 Å². The van der Waals surface area contributed by atoms with Crippen molar-refractivity contribution in [3.63, 3.8) is 0 Å². The number of rotatable bonds is 5. The largest absolute Gasteiger partial charge is 0.453 e. The van der Waals surface area contributed by atoms with Crippen LogP contribution in [0.5, 0.6) is 0 Å². The van der Waals surface area contributed by atoms with Crippen molar-refractivity contribution in [2.75, 3.05) is 4.90 Å². The standard InChI is InChI=1S/C46H29NOS/c1-2-11-30(12-3-1)32-25-27-35(28-26-32)47(42-21-10-19-40-37-15-6-7-22-43(37)49-46(40)42)41-20-9-18-39-38-17-8-16-36(44(38)48-45(39)41)34-24-23-31-13-4-5-14-33(31)29-34/h1-29H. The van der Waals surface area contributed by atoms with Crippen LogP contribution >= 0.6 is 11.3 Å². The first-order valence-corrected chi connectivity index (χ1v) is 17.4. The average molecular weight is 644 g/mol. The molecule has 0 saturated carbocycles. The van der Waals surface area contributed by atoms with Crippen molar-refractivity contribution in [2.24, 2.45) is 0 Å². The quantitative estimate of drug-likeness (QED) is 0.186. The Morgan fingerprint density at radius 2 is 1.04 bits per heavy atom. The fourth-order valence-corrected chi connectivity index (χ4v) is 8.52. The number of para-hydroxylation sites is 2. The van der Waals surface area contributed by atoms with E-state index in [1.807, 2.05) is 11.3 Å². The molecule has 10 aromatic rings. The first kappa shape index (κ1) is 27.9. The number of furan rings is 1. The summed E-state index contributed by atoms with van der Waals surface area (Å²) in [5, 5.41) is 7.21. The van der Waals surface area contributed by atoms with Crippen molar-refractivity contribution in [3.05, 3.63) is 176 Å². The van der Waals surface area contributed by atoms with E-state index in [0.717, 1.165) is 50.1 Å². The number of hydrogen-bond donors (Lipinski definition) is 0. The molecule has 8 aromatic carbocycles. The maximum absolute atomic E-state index is 7.03. The van der Waals surface area contributed by atoms with E-state index >= 15 is 0 Å². The molecule has 0 radical (unpaired) electrons. The fourth-order valence-electron chi connectivity index (χ4n) is 7.32. The van der Waals surface area contributed by atoms with Gasteiger partial charge in [-0.2, -0.15) is 0 Å². The van der Waals surface area contributed by atoms with Gasteiger partial charge in [0.1, 0.15) is 5.58 Å². The van der Waals surface area contributed by atoms with E-state index in [9.17, 15) is 0 Å². The third-order valence-corrected chi connectivity index (χ3v) is 10.9. The Labute approximate surface area is 287 Å². The van der Waals surface area contributed by atoms with Gasteiger partial charge >= 0.3 is 0 Å². The van der Waals surface area contributed by atoms with Crippen molar-refractivity contribution in [3.8, 4) is 22.3 Å². The molecule has 2 heterocycles. The van der Waals surface area contributed by atoms with Crippen LogP contribution in [0, 0.1) is 0 Å². The minimum absolute atomic E-state index is 0.871. The highest BCUT2D eigenvalue weighted by Gasteiger charge is 2.23. The predicted molar refractivity (Wildman–Crippen MR) is 210 cm³/mol.